The Morgan fingerprint density at radius 1 is 0.611 bits per heavy atom. The molecule has 3 rings (SSSR count). The summed E-state index contributed by atoms with van der Waals surface area (Å²) in [5.41, 5.74) is 0.995. The number of nitrogens with zero attached hydrogens (tertiary/aromatic N) is 1. The summed E-state index contributed by atoms with van der Waals surface area (Å²) in [5.74, 6) is -6.50. The zero-order chi connectivity index (χ0) is 71.8. The van der Waals surface area contributed by atoms with Gasteiger partial charge in [-0.05, 0) is 161 Å². The van der Waals surface area contributed by atoms with E-state index in [2.05, 4.69) is 13.8 Å². The maximum atomic E-state index is 13.7. The van der Waals surface area contributed by atoms with Crippen molar-refractivity contribution in [2.45, 2.75) is 345 Å². The van der Waals surface area contributed by atoms with Crippen molar-refractivity contribution in [2.24, 2.45) is 41.4 Å². The number of carbonyl (C=O) groups is 1. The predicted octanol–water partition coefficient (Wildman–Crippen LogP) is 4.11. The maximum absolute atomic E-state index is 13.7. The number of cyclic esters (lactones) is 1. The summed E-state index contributed by atoms with van der Waals surface area (Å²) in [6, 6.07) is -0.781. The molecule has 23 nitrogen and oxygen atoms in total. The van der Waals surface area contributed by atoms with Gasteiger partial charge in [0.05, 0.1) is 122 Å². The quantitative estimate of drug-likeness (QED) is 0.126. The van der Waals surface area contributed by atoms with Crippen LogP contribution in [-0.4, -0.2) is 252 Å². The molecule has 556 valence electrons. The lowest BCUT2D eigenvalue weighted by molar-refractivity contribution is -0.351. The van der Waals surface area contributed by atoms with Crippen molar-refractivity contribution >= 4 is 5.97 Å². The lowest BCUT2D eigenvalue weighted by Gasteiger charge is -2.50. The number of carbonyl (C=O) groups excluding carboxylic acids is 1. The number of aliphatic hydroxyl groups is 17. The van der Waals surface area contributed by atoms with E-state index >= 15 is 0 Å². The Labute approximate surface area is 567 Å². The molecule has 2 bridgehead atoms. The van der Waals surface area contributed by atoms with E-state index in [0.717, 1.165) is 12.8 Å². The molecule has 95 heavy (non-hydrogen) atoms. The van der Waals surface area contributed by atoms with E-state index in [1.165, 1.54) is 12.2 Å². The van der Waals surface area contributed by atoms with Crippen LogP contribution in [0.2, 0.25) is 0 Å². The lowest BCUT2D eigenvalue weighted by Crippen LogP contribution is -2.64. The highest BCUT2D eigenvalue weighted by atomic mass is 16.7. The van der Waals surface area contributed by atoms with Crippen molar-refractivity contribution in [1.29, 1.82) is 0 Å². The number of hydrogen-bond acceptors (Lipinski definition) is 23. The van der Waals surface area contributed by atoms with Crippen LogP contribution in [0, 0.1) is 41.4 Å². The van der Waals surface area contributed by atoms with Crippen LogP contribution in [0.25, 0.3) is 0 Å². The molecule has 0 aromatic heterocycles. The summed E-state index contributed by atoms with van der Waals surface area (Å²) in [6.45, 7) is 19.3. The summed E-state index contributed by atoms with van der Waals surface area (Å²) in [7, 11) is 3.40. The third-order valence-corrected chi connectivity index (χ3v) is 20.6. The zero-order valence-electron chi connectivity index (χ0n) is 59.4. The molecule has 17 N–H and O–H groups in total. The minimum absolute atomic E-state index is 0.00761. The van der Waals surface area contributed by atoms with Gasteiger partial charge in [0.2, 0.25) is 0 Å². The molecule has 0 aliphatic carbocycles. The molecule has 2 saturated heterocycles. The molecule has 3 heterocycles. The first-order valence-electron chi connectivity index (χ1n) is 35.5. The monoisotopic (exact) mass is 1360 g/mol. The fraction of sp³-hybridized carbons (Fsp3) is 0.875. The van der Waals surface area contributed by atoms with E-state index in [1.54, 1.807) is 106 Å². The third-order valence-electron chi connectivity index (χ3n) is 20.6. The normalized spacial score (nSPS) is 44.8. The zero-order valence-corrected chi connectivity index (χ0v) is 59.4. The highest BCUT2D eigenvalue weighted by Gasteiger charge is 2.53. The van der Waals surface area contributed by atoms with E-state index in [-0.39, 0.29) is 89.4 Å². The minimum atomic E-state index is -2.26. The molecule has 0 aromatic carbocycles. The molecular formula is C72H131NO22. The van der Waals surface area contributed by atoms with Gasteiger partial charge in [0.25, 0.3) is 0 Å². The largest absolute Gasteiger partial charge is 0.458 e. The SMILES string of the molecule is C/C1=C/[C@@H](CCCC(C)C)[C@H](O)[C@@H](O)CC[C@@H](O)C[C@H](O)C[C@H](O)[C@@H](C)CC[C@@H](O)[C@@H](C)[C@@H](O)CCC[C@@H](O)C[C@@H](O)/C=C\[C@H](C)OC(=O)C[C@]2(O)O[C@@H](C[C@@H](O[C@@H]3O[C@H](C)[C@@H](O)[C@H](N(C)C)[C@H]3O)[C@H]2C)[C@H](C)[C@@H](O)/C(C)=C\C=C/C[C@@H](O)[C@H](C)[C@@H](O)CCC[C@H](O)C[C@@H]1O. The fourth-order valence-electron chi connectivity index (χ4n) is 13.4. The molecule has 0 spiro atoms. The standard InChI is InChI=1S/C72H131NO22/c1-40(2)19-16-21-50-33-43(5)62(85)36-52(75)23-18-26-57(80)45(7)56(79)24-15-14-20-42(4)67(87)47(9)63-38-64(94-71-70(90)66(73(12)13)68(88)49(11)93-71)48(10)72(91,95-63)39-65(86)92-44(6)28-29-53(76)34-51(74)22-17-25-58(81)46(8)59(82)31-27-41(3)61(84)37-55(78)35-54(77)30-32-60(83)69(50)89/h14-15,20,28-29,33,40-41,44-64,66-71,74-85,87-91H,16-19,21-27,30-32,34-39H2,1-13H3/b15-14-,29-28-,42-20-,43-33-/t41-,44-,45-,46-,47-,48+,49+,50+,51+,52-,53-,54+,55-,56+,57-,58-,59+,60-,61-,62-,63-,64+,66-,67-,68+,69-,70+,71-,72-/m0/s1. The first-order chi connectivity index (χ1) is 44.4. The smallest absolute Gasteiger partial charge is 0.311 e. The summed E-state index contributed by atoms with van der Waals surface area (Å²) in [6.07, 6.45) is -8.64. The van der Waals surface area contributed by atoms with Crippen LogP contribution in [0.15, 0.2) is 47.6 Å². The van der Waals surface area contributed by atoms with Gasteiger partial charge in [-0.3, -0.25) is 4.79 Å². The second-order valence-corrected chi connectivity index (χ2v) is 29.6. The average molecular weight is 1360 g/mol. The van der Waals surface area contributed by atoms with Crippen molar-refractivity contribution in [3.63, 3.8) is 0 Å². The van der Waals surface area contributed by atoms with Crippen LogP contribution in [-0.2, 0) is 23.7 Å². The molecule has 2 fully saturated rings. The Morgan fingerprint density at radius 3 is 1.80 bits per heavy atom. The van der Waals surface area contributed by atoms with Gasteiger partial charge in [-0.1, -0.05) is 91.7 Å². The molecule has 0 radical (unpaired) electrons. The molecule has 0 aromatic rings. The number of allylic oxidation sites excluding steroid dienone is 2. The summed E-state index contributed by atoms with van der Waals surface area (Å²) in [4.78, 5) is 15.4. The summed E-state index contributed by atoms with van der Waals surface area (Å²) in [5, 5.41) is 190. The number of rotatable bonds is 7. The number of hydrogen-bond donors (Lipinski definition) is 17. The van der Waals surface area contributed by atoms with Crippen molar-refractivity contribution < 1.29 is 111 Å². The Morgan fingerprint density at radius 2 is 1.19 bits per heavy atom. The minimum Gasteiger partial charge on any atom is -0.458 e. The highest BCUT2D eigenvalue weighted by molar-refractivity contribution is 5.71. The highest BCUT2D eigenvalue weighted by Crippen LogP contribution is 2.42. The van der Waals surface area contributed by atoms with Gasteiger partial charge in [0, 0.05) is 48.9 Å². The number of ether oxygens (including phenoxy) is 4. The summed E-state index contributed by atoms with van der Waals surface area (Å²) >= 11 is 0. The molecule has 3 aliphatic heterocycles. The fourth-order valence-corrected chi connectivity index (χ4v) is 13.4. The summed E-state index contributed by atoms with van der Waals surface area (Å²) < 4.78 is 24.5. The van der Waals surface area contributed by atoms with E-state index < -0.39 is 182 Å². The molecule has 0 amide bonds. The van der Waals surface area contributed by atoms with Crippen LogP contribution in [0.5, 0.6) is 0 Å². The molecule has 3 aliphatic rings. The van der Waals surface area contributed by atoms with Crippen molar-refractivity contribution in [1.82, 2.24) is 4.90 Å². The first kappa shape index (κ1) is 86.8. The van der Waals surface area contributed by atoms with Gasteiger partial charge in [-0.15, -0.1) is 0 Å². The number of esters is 1. The number of likely N-dealkylation sites (N-methyl/N-ethyl adjacent to an activating group) is 1. The van der Waals surface area contributed by atoms with Gasteiger partial charge in [0.15, 0.2) is 12.1 Å². The van der Waals surface area contributed by atoms with E-state index in [9.17, 15) is 91.6 Å². The van der Waals surface area contributed by atoms with E-state index in [1.807, 2.05) is 0 Å². The van der Waals surface area contributed by atoms with Gasteiger partial charge < -0.3 is 111 Å². The first-order valence-corrected chi connectivity index (χ1v) is 35.5. The van der Waals surface area contributed by atoms with Gasteiger partial charge in [-0.25, -0.2) is 0 Å². The second-order valence-electron chi connectivity index (χ2n) is 29.6. The molecule has 23 heteroatoms. The van der Waals surface area contributed by atoms with Crippen LogP contribution in [0.4, 0.5) is 0 Å². The Kier molecular flexibility index (Phi) is 39.1. The Bertz CT molecular complexity index is 2260. The third kappa shape index (κ3) is 29.6. The van der Waals surface area contributed by atoms with Crippen LogP contribution >= 0.6 is 0 Å². The Balaban J connectivity index is 1.86. The molecular weight excluding hydrogens is 1230 g/mol. The average Bonchev–Trinajstić information content (AvgIpc) is 0.771. The maximum Gasteiger partial charge on any atom is 0.311 e. The second kappa shape index (κ2) is 42.8. The number of aliphatic hydroxyl groups excluding tert-OH is 16. The van der Waals surface area contributed by atoms with Crippen molar-refractivity contribution in [2.75, 3.05) is 14.1 Å². The topological polar surface area (TPSA) is 401 Å². The Hall–Kier alpha value is -2.41. The van der Waals surface area contributed by atoms with Crippen LogP contribution in [0.3, 0.4) is 0 Å². The van der Waals surface area contributed by atoms with Crippen LogP contribution < -0.4 is 0 Å². The molecule has 0 unspecified atom stereocenters. The number of fused-ring (bicyclic) bond motifs is 2. The molecule has 0 saturated carbocycles. The van der Waals surface area contributed by atoms with Gasteiger partial charge in [-0.2, -0.15) is 0 Å². The van der Waals surface area contributed by atoms with Gasteiger partial charge in [0.1, 0.15) is 12.2 Å². The lowest BCUT2D eigenvalue weighted by atomic mass is 9.80. The molecule has 29 atom stereocenters. The van der Waals surface area contributed by atoms with Crippen molar-refractivity contribution in [3.05, 3.63) is 47.6 Å². The van der Waals surface area contributed by atoms with E-state index in [0.29, 0.717) is 42.7 Å². The van der Waals surface area contributed by atoms with Gasteiger partial charge >= 0.3 is 5.97 Å². The van der Waals surface area contributed by atoms with Crippen molar-refractivity contribution in [3.8, 4) is 0 Å². The van der Waals surface area contributed by atoms with Crippen LogP contribution in [0.1, 0.15) is 205 Å². The van der Waals surface area contributed by atoms with E-state index in [4.69, 9.17) is 18.9 Å². The predicted molar refractivity (Wildman–Crippen MR) is 360 cm³/mol.